The summed E-state index contributed by atoms with van der Waals surface area (Å²) in [5.74, 6) is 0.0400. The number of hydrogen-bond donors (Lipinski definition) is 1. The number of aromatic nitrogens is 2. The quantitative estimate of drug-likeness (QED) is 0.936. The smallest absolute Gasteiger partial charge is 0.238 e. The van der Waals surface area contributed by atoms with Crippen molar-refractivity contribution in [1.29, 1.82) is 0 Å². The number of rotatable bonds is 4. The van der Waals surface area contributed by atoms with Crippen LogP contribution in [0.5, 0.6) is 0 Å². The van der Waals surface area contributed by atoms with Gasteiger partial charge in [0.2, 0.25) is 5.91 Å². The zero-order valence-corrected chi connectivity index (χ0v) is 15.0. The molecule has 6 heteroatoms. The number of thiophene rings is 1. The van der Waals surface area contributed by atoms with Gasteiger partial charge < -0.3 is 5.32 Å². The summed E-state index contributed by atoms with van der Waals surface area (Å²) in [6, 6.07) is 2.46. The van der Waals surface area contributed by atoms with E-state index < -0.39 is 0 Å². The van der Waals surface area contributed by atoms with E-state index in [2.05, 4.69) is 40.6 Å². The van der Waals surface area contributed by atoms with Gasteiger partial charge in [-0.3, -0.25) is 14.4 Å². The second-order valence-corrected chi connectivity index (χ2v) is 7.46. The van der Waals surface area contributed by atoms with E-state index >= 15 is 0 Å². The maximum Gasteiger partial charge on any atom is 0.238 e. The van der Waals surface area contributed by atoms with Gasteiger partial charge >= 0.3 is 0 Å². The lowest BCUT2D eigenvalue weighted by Crippen LogP contribution is -2.36. The van der Waals surface area contributed by atoms with Crippen LogP contribution in [0.4, 0.5) is 5.69 Å². The van der Waals surface area contributed by atoms with Crippen LogP contribution in [0.25, 0.3) is 0 Å². The molecule has 23 heavy (non-hydrogen) atoms. The minimum Gasteiger partial charge on any atom is -0.322 e. The van der Waals surface area contributed by atoms with Crippen molar-refractivity contribution in [2.45, 2.75) is 46.7 Å². The van der Waals surface area contributed by atoms with Crippen molar-refractivity contribution in [3.63, 3.8) is 0 Å². The first-order valence-corrected chi connectivity index (χ1v) is 8.97. The highest BCUT2D eigenvalue weighted by atomic mass is 32.1. The van der Waals surface area contributed by atoms with Crippen LogP contribution in [0.2, 0.25) is 0 Å². The van der Waals surface area contributed by atoms with Crippen LogP contribution in [-0.4, -0.2) is 33.7 Å². The van der Waals surface area contributed by atoms with Gasteiger partial charge in [-0.15, -0.1) is 11.3 Å². The van der Waals surface area contributed by atoms with Crippen molar-refractivity contribution in [2.24, 2.45) is 0 Å². The van der Waals surface area contributed by atoms with Gasteiger partial charge in [-0.1, -0.05) is 0 Å². The largest absolute Gasteiger partial charge is 0.322 e. The molecule has 1 aliphatic heterocycles. The molecule has 1 N–H and O–H groups in total. The molecule has 5 nitrogen and oxygen atoms in total. The van der Waals surface area contributed by atoms with Crippen molar-refractivity contribution < 1.29 is 4.79 Å². The SMILES string of the molecule is Cc1nn(C(C)C)c(C)c1NC(=O)CN1CCc2sccc2C1. The third-order valence-corrected chi connectivity index (χ3v) is 5.36. The fraction of sp³-hybridized carbons (Fsp3) is 0.529. The van der Waals surface area contributed by atoms with E-state index in [1.807, 2.05) is 29.9 Å². The number of carbonyl (C=O) groups excluding carboxylic acids is 1. The fourth-order valence-corrected chi connectivity index (χ4v) is 4.06. The third-order valence-electron chi connectivity index (χ3n) is 4.33. The van der Waals surface area contributed by atoms with Gasteiger partial charge in [0.15, 0.2) is 0 Å². The molecule has 1 aliphatic rings. The van der Waals surface area contributed by atoms with Crippen molar-refractivity contribution >= 4 is 22.9 Å². The summed E-state index contributed by atoms with van der Waals surface area (Å²) in [7, 11) is 0. The summed E-state index contributed by atoms with van der Waals surface area (Å²) in [6.45, 7) is 10.4. The predicted octanol–water partition coefficient (Wildman–Crippen LogP) is 3.14. The normalized spacial score (nSPS) is 15.0. The lowest BCUT2D eigenvalue weighted by molar-refractivity contribution is -0.117. The molecule has 2 aromatic rings. The van der Waals surface area contributed by atoms with E-state index in [1.165, 1.54) is 10.4 Å². The molecule has 3 rings (SSSR count). The monoisotopic (exact) mass is 332 g/mol. The second kappa shape index (κ2) is 6.45. The molecular weight excluding hydrogens is 308 g/mol. The Morgan fingerprint density at radius 1 is 1.43 bits per heavy atom. The lowest BCUT2D eigenvalue weighted by atomic mass is 10.1. The number of fused-ring (bicyclic) bond motifs is 1. The summed E-state index contributed by atoms with van der Waals surface area (Å²) in [5.41, 5.74) is 4.12. The van der Waals surface area contributed by atoms with Gasteiger partial charge in [0, 0.05) is 24.0 Å². The van der Waals surface area contributed by atoms with Gasteiger partial charge in [0.25, 0.3) is 0 Å². The van der Waals surface area contributed by atoms with Crippen molar-refractivity contribution in [2.75, 3.05) is 18.4 Å². The van der Waals surface area contributed by atoms with Gasteiger partial charge in [0.05, 0.1) is 23.6 Å². The summed E-state index contributed by atoms with van der Waals surface area (Å²) in [4.78, 5) is 16.1. The first-order valence-electron chi connectivity index (χ1n) is 8.09. The molecule has 124 valence electrons. The topological polar surface area (TPSA) is 50.2 Å². The Balaban J connectivity index is 1.64. The Kier molecular flexibility index (Phi) is 4.55. The minimum absolute atomic E-state index is 0.0400. The number of hydrogen-bond acceptors (Lipinski definition) is 4. The maximum atomic E-state index is 12.4. The molecule has 3 heterocycles. The number of anilines is 1. The molecule has 0 saturated heterocycles. The fourth-order valence-electron chi connectivity index (χ4n) is 3.17. The van der Waals surface area contributed by atoms with Crippen molar-refractivity contribution in [3.05, 3.63) is 33.3 Å². The Bertz CT molecular complexity index is 716. The van der Waals surface area contributed by atoms with Crippen molar-refractivity contribution in [1.82, 2.24) is 14.7 Å². The number of nitrogens with one attached hydrogen (secondary N) is 1. The highest BCUT2D eigenvalue weighted by molar-refractivity contribution is 7.10. The first kappa shape index (κ1) is 16.2. The van der Waals surface area contributed by atoms with Gasteiger partial charge in [0.1, 0.15) is 0 Å². The predicted molar refractivity (Wildman–Crippen MR) is 94.0 cm³/mol. The molecule has 0 atom stereocenters. The number of carbonyl (C=O) groups is 1. The van der Waals surface area contributed by atoms with E-state index in [-0.39, 0.29) is 5.91 Å². The number of amides is 1. The standard InChI is InChI=1S/C17H24N4OS/c1-11(2)21-13(4)17(12(3)19-21)18-16(22)10-20-7-5-15-14(9-20)6-8-23-15/h6,8,11H,5,7,9-10H2,1-4H3,(H,18,22). The third kappa shape index (κ3) is 3.33. The van der Waals surface area contributed by atoms with Crippen LogP contribution in [0.15, 0.2) is 11.4 Å². The lowest BCUT2D eigenvalue weighted by Gasteiger charge is -2.26. The zero-order chi connectivity index (χ0) is 16.6. The van der Waals surface area contributed by atoms with E-state index in [1.54, 1.807) is 0 Å². The molecule has 0 fully saturated rings. The number of aryl methyl sites for hydroxylation is 1. The first-order chi connectivity index (χ1) is 11.0. The summed E-state index contributed by atoms with van der Waals surface area (Å²) < 4.78 is 1.96. The molecule has 0 unspecified atom stereocenters. The molecule has 0 aromatic carbocycles. The maximum absolute atomic E-state index is 12.4. The van der Waals surface area contributed by atoms with E-state index in [0.717, 1.165) is 36.6 Å². The highest BCUT2D eigenvalue weighted by Gasteiger charge is 2.21. The molecule has 2 aromatic heterocycles. The Morgan fingerprint density at radius 3 is 2.91 bits per heavy atom. The van der Waals surface area contributed by atoms with Crippen LogP contribution in [0.1, 0.15) is 41.7 Å². The average molecular weight is 332 g/mol. The molecule has 0 saturated carbocycles. The van der Waals surface area contributed by atoms with Crippen LogP contribution in [0.3, 0.4) is 0 Å². The van der Waals surface area contributed by atoms with Crippen molar-refractivity contribution in [3.8, 4) is 0 Å². The molecule has 0 radical (unpaired) electrons. The number of nitrogens with zero attached hydrogens (tertiary/aromatic N) is 3. The molecule has 1 amide bonds. The Hall–Kier alpha value is -1.66. The molecule has 0 aliphatic carbocycles. The Morgan fingerprint density at radius 2 is 2.22 bits per heavy atom. The summed E-state index contributed by atoms with van der Waals surface area (Å²) >= 11 is 1.82. The van der Waals surface area contributed by atoms with Crippen LogP contribution in [-0.2, 0) is 17.8 Å². The van der Waals surface area contributed by atoms with E-state index in [4.69, 9.17) is 0 Å². The van der Waals surface area contributed by atoms with Crippen LogP contribution in [0, 0.1) is 13.8 Å². The Labute approximate surface area is 141 Å². The van der Waals surface area contributed by atoms with E-state index in [9.17, 15) is 4.79 Å². The highest BCUT2D eigenvalue weighted by Crippen LogP contribution is 2.25. The molecular formula is C17H24N4OS. The average Bonchev–Trinajstić information content (AvgIpc) is 3.06. The summed E-state index contributed by atoms with van der Waals surface area (Å²) in [5, 5.41) is 9.72. The van der Waals surface area contributed by atoms with Gasteiger partial charge in [-0.25, -0.2) is 0 Å². The van der Waals surface area contributed by atoms with Crippen LogP contribution < -0.4 is 5.32 Å². The van der Waals surface area contributed by atoms with Crippen LogP contribution >= 0.6 is 11.3 Å². The molecule has 0 bridgehead atoms. The van der Waals surface area contributed by atoms with Gasteiger partial charge in [-0.05, 0) is 51.1 Å². The summed E-state index contributed by atoms with van der Waals surface area (Å²) in [6.07, 6.45) is 1.05. The van der Waals surface area contributed by atoms with Gasteiger partial charge in [-0.2, -0.15) is 5.10 Å². The molecule has 0 spiro atoms. The van der Waals surface area contributed by atoms with E-state index in [0.29, 0.717) is 12.6 Å². The minimum atomic E-state index is 0.0400. The zero-order valence-electron chi connectivity index (χ0n) is 14.2. The second-order valence-electron chi connectivity index (χ2n) is 6.46.